The highest BCUT2D eigenvalue weighted by molar-refractivity contribution is 7.11. The first-order chi connectivity index (χ1) is 6.26. The Morgan fingerprint density at radius 1 is 1.77 bits per heavy atom. The summed E-state index contributed by atoms with van der Waals surface area (Å²) in [6, 6.07) is 0.132. The highest BCUT2D eigenvalue weighted by Crippen LogP contribution is 2.12. The quantitative estimate of drug-likeness (QED) is 0.739. The van der Waals surface area contributed by atoms with Crippen molar-refractivity contribution < 1.29 is 0 Å². The molecule has 1 atom stereocenters. The van der Waals surface area contributed by atoms with Crippen LogP contribution in [0.2, 0.25) is 0 Å². The molecular weight excluding hydrogens is 180 g/mol. The van der Waals surface area contributed by atoms with E-state index in [1.54, 1.807) is 11.3 Å². The second-order valence-electron chi connectivity index (χ2n) is 2.84. The average molecular weight is 194 g/mol. The van der Waals surface area contributed by atoms with Crippen molar-refractivity contribution in [2.24, 2.45) is 0 Å². The second-order valence-corrected chi connectivity index (χ2v) is 4.04. The largest absolute Gasteiger partial charge is 0.299 e. The number of thiazole rings is 1. The van der Waals surface area contributed by atoms with Gasteiger partial charge in [0.1, 0.15) is 0 Å². The molecule has 0 fully saturated rings. The summed E-state index contributed by atoms with van der Waals surface area (Å²) in [6.07, 6.45) is 8.17. The summed E-state index contributed by atoms with van der Waals surface area (Å²) in [5, 5.41) is 4.41. The van der Waals surface area contributed by atoms with Crippen LogP contribution in [0, 0.1) is 12.3 Å². The molecule has 1 aromatic heterocycles. The third-order valence-corrected chi connectivity index (χ3v) is 2.88. The first-order valence-corrected chi connectivity index (χ1v) is 5.21. The van der Waals surface area contributed by atoms with Gasteiger partial charge in [0.15, 0.2) is 0 Å². The molecule has 0 saturated heterocycles. The van der Waals surface area contributed by atoms with E-state index >= 15 is 0 Å². The van der Waals surface area contributed by atoms with Crippen LogP contribution >= 0.6 is 11.3 Å². The first kappa shape index (κ1) is 10.2. The van der Waals surface area contributed by atoms with E-state index in [0.717, 1.165) is 13.0 Å². The summed E-state index contributed by atoms with van der Waals surface area (Å²) in [5.74, 6) is 2.63. The van der Waals surface area contributed by atoms with Crippen molar-refractivity contribution >= 4 is 11.3 Å². The SMILES string of the molecule is C#CC(C)NCc1cnc(CC)s1. The van der Waals surface area contributed by atoms with Crippen LogP contribution in [-0.2, 0) is 13.0 Å². The molecule has 13 heavy (non-hydrogen) atoms. The van der Waals surface area contributed by atoms with Crippen LogP contribution in [0.5, 0.6) is 0 Å². The number of hydrogen-bond donors (Lipinski definition) is 1. The Hall–Kier alpha value is -0.850. The number of aromatic nitrogens is 1. The Kier molecular flexibility index (Phi) is 3.94. The number of rotatable bonds is 4. The molecule has 0 bridgehead atoms. The van der Waals surface area contributed by atoms with Gasteiger partial charge in [-0.3, -0.25) is 5.32 Å². The molecule has 0 aliphatic rings. The summed E-state index contributed by atoms with van der Waals surface area (Å²) in [6.45, 7) is 4.91. The predicted molar refractivity (Wildman–Crippen MR) is 56.6 cm³/mol. The lowest BCUT2D eigenvalue weighted by Gasteiger charge is -2.03. The van der Waals surface area contributed by atoms with Crippen molar-refractivity contribution in [3.8, 4) is 12.3 Å². The molecule has 1 unspecified atom stereocenters. The normalized spacial score (nSPS) is 12.4. The van der Waals surface area contributed by atoms with Gasteiger partial charge in [0.2, 0.25) is 0 Å². The molecule has 70 valence electrons. The first-order valence-electron chi connectivity index (χ1n) is 4.39. The number of aryl methyl sites for hydroxylation is 1. The fourth-order valence-electron chi connectivity index (χ4n) is 0.906. The topological polar surface area (TPSA) is 24.9 Å². The maximum absolute atomic E-state index is 5.24. The zero-order chi connectivity index (χ0) is 9.68. The van der Waals surface area contributed by atoms with E-state index in [0.29, 0.717) is 0 Å². The van der Waals surface area contributed by atoms with E-state index in [4.69, 9.17) is 6.42 Å². The number of hydrogen-bond acceptors (Lipinski definition) is 3. The molecule has 0 aliphatic heterocycles. The van der Waals surface area contributed by atoms with E-state index in [-0.39, 0.29) is 6.04 Å². The van der Waals surface area contributed by atoms with Gasteiger partial charge in [-0.2, -0.15) is 0 Å². The molecule has 3 heteroatoms. The number of nitrogens with zero attached hydrogens (tertiary/aromatic N) is 1. The minimum atomic E-state index is 0.132. The Morgan fingerprint density at radius 3 is 3.08 bits per heavy atom. The van der Waals surface area contributed by atoms with Gasteiger partial charge >= 0.3 is 0 Å². The van der Waals surface area contributed by atoms with Crippen molar-refractivity contribution in [2.45, 2.75) is 32.9 Å². The molecule has 0 aromatic carbocycles. The molecular formula is C10H14N2S. The van der Waals surface area contributed by atoms with Crippen LogP contribution < -0.4 is 5.32 Å². The minimum Gasteiger partial charge on any atom is -0.299 e. The van der Waals surface area contributed by atoms with Gasteiger partial charge in [0, 0.05) is 17.6 Å². The van der Waals surface area contributed by atoms with Crippen LogP contribution in [0.3, 0.4) is 0 Å². The van der Waals surface area contributed by atoms with Gasteiger partial charge in [-0.15, -0.1) is 17.8 Å². The third-order valence-electron chi connectivity index (χ3n) is 1.74. The summed E-state index contributed by atoms with van der Waals surface area (Å²) >= 11 is 1.74. The fraction of sp³-hybridized carbons (Fsp3) is 0.500. The van der Waals surface area contributed by atoms with Crippen molar-refractivity contribution in [3.63, 3.8) is 0 Å². The molecule has 1 N–H and O–H groups in total. The Balaban J connectivity index is 2.42. The van der Waals surface area contributed by atoms with Gasteiger partial charge < -0.3 is 0 Å². The smallest absolute Gasteiger partial charge is 0.0925 e. The second kappa shape index (κ2) is 5.00. The fourth-order valence-corrected chi connectivity index (χ4v) is 1.72. The summed E-state index contributed by atoms with van der Waals surface area (Å²) in [4.78, 5) is 5.51. The third kappa shape index (κ3) is 3.17. The molecule has 1 rings (SSSR count). The van der Waals surface area contributed by atoms with Crippen molar-refractivity contribution in [2.75, 3.05) is 0 Å². The van der Waals surface area contributed by atoms with Crippen LogP contribution in [-0.4, -0.2) is 11.0 Å². The molecule has 0 amide bonds. The highest BCUT2D eigenvalue weighted by atomic mass is 32.1. The van der Waals surface area contributed by atoms with E-state index in [1.807, 2.05) is 13.1 Å². The Bertz CT molecular complexity index is 298. The van der Waals surface area contributed by atoms with E-state index < -0.39 is 0 Å². The number of terminal acetylenes is 1. The van der Waals surface area contributed by atoms with Crippen LogP contribution in [0.15, 0.2) is 6.20 Å². The zero-order valence-corrected chi connectivity index (χ0v) is 8.82. The molecule has 0 radical (unpaired) electrons. The lowest BCUT2D eigenvalue weighted by molar-refractivity contribution is 0.653. The van der Waals surface area contributed by atoms with Crippen LogP contribution in [0.4, 0.5) is 0 Å². The molecule has 2 nitrogen and oxygen atoms in total. The molecule has 1 heterocycles. The lowest BCUT2D eigenvalue weighted by Crippen LogP contribution is -2.22. The standard InChI is InChI=1S/C10H14N2S/c1-4-8(3)11-6-9-7-12-10(5-2)13-9/h1,7-8,11H,5-6H2,2-3H3. The van der Waals surface area contributed by atoms with Gasteiger partial charge in [0.05, 0.1) is 11.0 Å². The molecule has 0 aliphatic carbocycles. The van der Waals surface area contributed by atoms with Crippen LogP contribution in [0.1, 0.15) is 23.7 Å². The van der Waals surface area contributed by atoms with Crippen molar-refractivity contribution in [3.05, 3.63) is 16.1 Å². The Labute approximate surface area is 83.4 Å². The molecule has 1 aromatic rings. The van der Waals surface area contributed by atoms with Gasteiger partial charge in [-0.05, 0) is 13.3 Å². The predicted octanol–water partition coefficient (Wildman–Crippen LogP) is 1.82. The van der Waals surface area contributed by atoms with E-state index in [9.17, 15) is 0 Å². The summed E-state index contributed by atoms with van der Waals surface area (Å²) < 4.78 is 0. The monoisotopic (exact) mass is 194 g/mol. The minimum absolute atomic E-state index is 0.132. The zero-order valence-electron chi connectivity index (χ0n) is 8.00. The maximum atomic E-state index is 5.24. The maximum Gasteiger partial charge on any atom is 0.0925 e. The molecule has 0 saturated carbocycles. The summed E-state index contributed by atoms with van der Waals surface area (Å²) in [5.41, 5.74) is 0. The van der Waals surface area contributed by atoms with E-state index in [1.165, 1.54) is 9.88 Å². The average Bonchev–Trinajstić information content (AvgIpc) is 2.61. The molecule has 0 spiro atoms. The lowest BCUT2D eigenvalue weighted by atomic mass is 10.3. The summed E-state index contributed by atoms with van der Waals surface area (Å²) in [7, 11) is 0. The van der Waals surface area contributed by atoms with Gasteiger partial charge in [-0.1, -0.05) is 12.8 Å². The Morgan fingerprint density at radius 2 is 2.54 bits per heavy atom. The van der Waals surface area contributed by atoms with Gasteiger partial charge in [-0.25, -0.2) is 4.98 Å². The van der Waals surface area contributed by atoms with E-state index in [2.05, 4.69) is 23.1 Å². The van der Waals surface area contributed by atoms with Gasteiger partial charge in [0.25, 0.3) is 0 Å². The number of nitrogens with one attached hydrogen (secondary N) is 1. The van der Waals surface area contributed by atoms with Crippen molar-refractivity contribution in [1.29, 1.82) is 0 Å². The van der Waals surface area contributed by atoms with Crippen LogP contribution in [0.25, 0.3) is 0 Å². The van der Waals surface area contributed by atoms with Crippen molar-refractivity contribution in [1.82, 2.24) is 10.3 Å². The highest BCUT2D eigenvalue weighted by Gasteiger charge is 2.01.